The number of aromatic nitrogens is 2. The molecule has 7 heteroatoms. The summed E-state index contributed by atoms with van der Waals surface area (Å²) in [5.74, 6) is 2.05. The fraction of sp³-hybridized carbons (Fsp3) is 0.441. The first kappa shape index (κ1) is 27.6. The van der Waals surface area contributed by atoms with E-state index in [4.69, 9.17) is 9.52 Å². The van der Waals surface area contributed by atoms with E-state index >= 15 is 0 Å². The van der Waals surface area contributed by atoms with Crippen molar-refractivity contribution in [3.05, 3.63) is 89.8 Å². The molecule has 3 aliphatic rings. The second-order valence-corrected chi connectivity index (χ2v) is 12.4. The van der Waals surface area contributed by atoms with E-state index in [1.54, 1.807) is 6.26 Å². The fourth-order valence-corrected chi connectivity index (χ4v) is 6.84. The van der Waals surface area contributed by atoms with Crippen LogP contribution in [0.15, 0.2) is 77.4 Å². The van der Waals surface area contributed by atoms with Crippen molar-refractivity contribution in [1.29, 1.82) is 0 Å². The number of nitrogens with zero attached hydrogens (tertiary/aromatic N) is 6. The van der Waals surface area contributed by atoms with Crippen molar-refractivity contribution < 1.29 is 4.42 Å². The van der Waals surface area contributed by atoms with Crippen LogP contribution in [-0.2, 0) is 20.1 Å². The van der Waals surface area contributed by atoms with E-state index in [1.165, 1.54) is 47.6 Å². The number of rotatable bonds is 10. The maximum absolute atomic E-state index is 5.64. The molecule has 7 rings (SSSR count). The minimum absolute atomic E-state index is 0.520. The van der Waals surface area contributed by atoms with Gasteiger partial charge in [-0.25, -0.2) is 0 Å². The highest BCUT2D eigenvalue weighted by Crippen LogP contribution is 2.43. The predicted octanol–water partition coefficient (Wildman–Crippen LogP) is 5.69. The van der Waals surface area contributed by atoms with Crippen LogP contribution in [0.3, 0.4) is 0 Å². The Morgan fingerprint density at radius 2 is 1.51 bits per heavy atom. The molecule has 0 aliphatic carbocycles. The number of fused-ring (bicyclic) bond motifs is 3. The average Bonchev–Trinajstić information content (AvgIpc) is 3.64. The summed E-state index contributed by atoms with van der Waals surface area (Å²) in [6, 6.07) is 24.9. The van der Waals surface area contributed by atoms with Gasteiger partial charge in [0.2, 0.25) is 0 Å². The van der Waals surface area contributed by atoms with Crippen molar-refractivity contribution in [1.82, 2.24) is 19.6 Å². The Kier molecular flexibility index (Phi) is 7.91. The molecule has 5 heterocycles. The fourth-order valence-electron chi connectivity index (χ4n) is 6.84. The number of hydrogen-bond donors (Lipinski definition) is 0. The predicted molar refractivity (Wildman–Crippen MR) is 167 cm³/mol. The zero-order valence-electron chi connectivity index (χ0n) is 25.2. The molecule has 0 saturated carbocycles. The highest BCUT2D eigenvalue weighted by atomic mass is 16.3. The third-order valence-corrected chi connectivity index (χ3v) is 9.13. The molecule has 216 valence electrons. The summed E-state index contributed by atoms with van der Waals surface area (Å²) in [4.78, 5) is 9.74. The molecule has 4 atom stereocenters. The standard InChI is InChI=1S/C34H44N6O/c1-36(2)28-12-8-25(9-13-28)21-39(22-26-10-14-29(15-11-26)37(3)4)23-30-19-27-16-17-40(30)24-31(27)33-20-32(35-38(33)5)34-7-6-18-41-34/h6-15,18,20,27,30-31H,16-17,19,21-24H2,1-5H3/t27-,30+,31-/m0/s1. The molecule has 3 aliphatic heterocycles. The van der Waals surface area contributed by atoms with Crippen LogP contribution >= 0.6 is 0 Å². The number of benzene rings is 2. The van der Waals surface area contributed by atoms with Gasteiger partial charge in [0, 0.05) is 90.4 Å². The summed E-state index contributed by atoms with van der Waals surface area (Å²) >= 11 is 0. The van der Waals surface area contributed by atoms with Gasteiger partial charge in [-0.3, -0.25) is 14.5 Å². The van der Waals surface area contributed by atoms with Gasteiger partial charge in [-0.05, 0) is 78.9 Å². The molecule has 7 nitrogen and oxygen atoms in total. The van der Waals surface area contributed by atoms with Gasteiger partial charge in [-0.15, -0.1) is 0 Å². The lowest BCUT2D eigenvalue weighted by atomic mass is 9.74. The maximum Gasteiger partial charge on any atom is 0.154 e. The zero-order valence-corrected chi connectivity index (χ0v) is 25.2. The molecule has 0 radical (unpaired) electrons. The van der Waals surface area contributed by atoms with Crippen LogP contribution < -0.4 is 9.80 Å². The lowest BCUT2D eigenvalue weighted by Crippen LogP contribution is -2.56. The summed E-state index contributed by atoms with van der Waals surface area (Å²) in [5.41, 5.74) is 7.50. The summed E-state index contributed by atoms with van der Waals surface area (Å²) in [6.07, 6.45) is 4.23. The monoisotopic (exact) mass is 552 g/mol. The lowest BCUT2D eigenvalue weighted by Gasteiger charge is -2.51. The highest BCUT2D eigenvalue weighted by Gasteiger charge is 2.42. The van der Waals surface area contributed by atoms with Crippen molar-refractivity contribution in [2.75, 3.05) is 57.6 Å². The Bertz CT molecular complexity index is 1350. The normalized spacial score (nSPS) is 21.9. The molecular formula is C34H44N6O. The second-order valence-electron chi connectivity index (χ2n) is 12.4. The van der Waals surface area contributed by atoms with Gasteiger partial charge in [0.05, 0.1) is 6.26 Å². The quantitative estimate of drug-likeness (QED) is 0.252. The Hall–Kier alpha value is -3.55. The van der Waals surface area contributed by atoms with Gasteiger partial charge < -0.3 is 14.2 Å². The first-order chi connectivity index (χ1) is 19.8. The Morgan fingerprint density at radius 1 is 0.878 bits per heavy atom. The maximum atomic E-state index is 5.64. The van der Waals surface area contributed by atoms with Crippen molar-refractivity contribution in [3.63, 3.8) is 0 Å². The van der Waals surface area contributed by atoms with E-state index in [0.29, 0.717) is 17.9 Å². The summed E-state index contributed by atoms with van der Waals surface area (Å²) in [5, 5.41) is 4.80. The topological polar surface area (TPSA) is 43.9 Å². The smallest absolute Gasteiger partial charge is 0.154 e. The molecule has 3 fully saturated rings. The largest absolute Gasteiger partial charge is 0.463 e. The molecule has 3 saturated heterocycles. The van der Waals surface area contributed by atoms with Crippen LogP contribution in [0.25, 0.3) is 11.5 Å². The second kappa shape index (κ2) is 11.7. The lowest BCUT2D eigenvalue weighted by molar-refractivity contribution is 0.00763. The average molecular weight is 553 g/mol. The molecule has 2 aromatic heterocycles. The third-order valence-electron chi connectivity index (χ3n) is 9.13. The molecule has 41 heavy (non-hydrogen) atoms. The van der Waals surface area contributed by atoms with E-state index < -0.39 is 0 Å². The number of anilines is 2. The van der Waals surface area contributed by atoms with Crippen LogP contribution in [0, 0.1) is 5.92 Å². The zero-order chi connectivity index (χ0) is 28.5. The van der Waals surface area contributed by atoms with E-state index in [0.717, 1.165) is 37.6 Å². The van der Waals surface area contributed by atoms with Crippen LogP contribution in [0.5, 0.6) is 0 Å². The number of piperidine rings is 3. The summed E-state index contributed by atoms with van der Waals surface area (Å²) in [6.45, 7) is 5.29. The molecule has 2 bridgehead atoms. The van der Waals surface area contributed by atoms with Gasteiger partial charge in [-0.1, -0.05) is 24.3 Å². The molecular weight excluding hydrogens is 508 g/mol. The molecule has 1 unspecified atom stereocenters. The Balaban J connectivity index is 1.18. The Labute approximate surface area is 245 Å². The van der Waals surface area contributed by atoms with Gasteiger partial charge >= 0.3 is 0 Å². The molecule has 2 aromatic carbocycles. The molecule has 4 aromatic rings. The van der Waals surface area contributed by atoms with Crippen LogP contribution in [0.1, 0.15) is 35.6 Å². The Morgan fingerprint density at radius 3 is 2.02 bits per heavy atom. The third kappa shape index (κ3) is 6.07. The minimum Gasteiger partial charge on any atom is -0.463 e. The molecule has 0 amide bonds. The van der Waals surface area contributed by atoms with Gasteiger partial charge in [0.15, 0.2) is 5.76 Å². The van der Waals surface area contributed by atoms with Crippen molar-refractivity contribution in [2.45, 2.75) is 37.9 Å². The number of hydrogen-bond acceptors (Lipinski definition) is 6. The van der Waals surface area contributed by atoms with Crippen LogP contribution in [-0.4, -0.2) is 73.4 Å². The SMILES string of the molecule is CN(C)c1ccc(CN(Cc2ccc(N(C)C)cc2)C[C@H]2C[C@@H]3CCN2C[C@@H]3c2cc(-c3ccco3)nn2C)cc1. The first-order valence-corrected chi connectivity index (χ1v) is 14.9. The van der Waals surface area contributed by atoms with E-state index in [9.17, 15) is 0 Å². The molecule has 0 spiro atoms. The summed E-state index contributed by atoms with van der Waals surface area (Å²) in [7, 11) is 10.5. The van der Waals surface area contributed by atoms with E-state index in [-0.39, 0.29) is 0 Å². The van der Waals surface area contributed by atoms with Gasteiger partial charge in [-0.2, -0.15) is 5.10 Å². The van der Waals surface area contributed by atoms with Gasteiger partial charge in [0.25, 0.3) is 0 Å². The first-order valence-electron chi connectivity index (χ1n) is 14.9. The van der Waals surface area contributed by atoms with Crippen LogP contribution in [0.4, 0.5) is 11.4 Å². The highest BCUT2D eigenvalue weighted by molar-refractivity contribution is 5.52. The minimum atomic E-state index is 0.520. The van der Waals surface area contributed by atoms with Crippen LogP contribution in [0.2, 0.25) is 0 Å². The number of furan rings is 1. The molecule has 0 N–H and O–H groups in total. The van der Waals surface area contributed by atoms with E-state index in [1.807, 2.05) is 12.1 Å². The van der Waals surface area contributed by atoms with E-state index in [2.05, 4.69) is 114 Å². The number of aryl methyl sites for hydroxylation is 1. The van der Waals surface area contributed by atoms with Crippen molar-refractivity contribution >= 4 is 11.4 Å². The van der Waals surface area contributed by atoms with Gasteiger partial charge in [0.1, 0.15) is 5.69 Å². The summed E-state index contributed by atoms with van der Waals surface area (Å²) < 4.78 is 7.72. The van der Waals surface area contributed by atoms with Crippen molar-refractivity contribution in [2.24, 2.45) is 13.0 Å². The van der Waals surface area contributed by atoms with Crippen molar-refractivity contribution in [3.8, 4) is 11.5 Å².